The van der Waals surface area contributed by atoms with Gasteiger partial charge in [0.25, 0.3) is 30.4 Å². The van der Waals surface area contributed by atoms with Gasteiger partial charge in [0.2, 0.25) is 17.2 Å². The third kappa shape index (κ3) is 10.3. The van der Waals surface area contributed by atoms with Gasteiger partial charge in [0.1, 0.15) is 27.0 Å². The number of phenols is 1. The van der Waals surface area contributed by atoms with Crippen molar-refractivity contribution in [3.63, 3.8) is 0 Å². The highest BCUT2D eigenvalue weighted by Crippen LogP contribution is 2.46. The molecule has 0 amide bonds. The molecule has 58 heavy (non-hydrogen) atoms. The second-order valence-corrected chi connectivity index (χ2v) is 19.1. The number of fused-ring (bicyclic) bond motifs is 1. The first-order chi connectivity index (χ1) is 26.6. The molecular weight excluding hydrogens is 905 g/mol. The number of benzene rings is 4. The van der Waals surface area contributed by atoms with Gasteiger partial charge >= 0.3 is 10.4 Å². The molecule has 5 aromatic rings. The second-order valence-electron chi connectivity index (χ2n) is 11.4. The molecule has 0 fully saturated rings. The molecule has 0 aliphatic heterocycles. The Morgan fingerprint density at radius 3 is 2.09 bits per heavy atom. The number of hydrogen-bond acceptors (Lipinski definition) is 19. The number of hydrogen-bond donors (Lipinski definition) is 6. The molecular formula is C28H23ClFN7O16S5. The number of nitrogens with one attached hydrogen (secondary N) is 1. The molecule has 310 valence electrons. The van der Waals surface area contributed by atoms with Gasteiger partial charge in [-0.2, -0.15) is 48.6 Å². The third-order valence-electron chi connectivity index (χ3n) is 7.45. The minimum Gasteiger partial charge on any atom is -0.505 e. The Hall–Kier alpha value is -5.08. The van der Waals surface area contributed by atoms with Crippen LogP contribution in [0.1, 0.15) is 0 Å². The molecule has 0 radical (unpaired) electrons. The fourth-order valence-electron chi connectivity index (χ4n) is 4.92. The number of phenolic OH excluding ortho intramolecular Hbond substituents is 1. The number of aromatic nitrogens is 3. The number of sulfone groups is 1. The minimum absolute atomic E-state index is 0.0903. The minimum atomic E-state index is -5.40. The third-order valence-corrected chi connectivity index (χ3v) is 12.3. The lowest BCUT2D eigenvalue weighted by Crippen LogP contribution is -2.17. The van der Waals surface area contributed by atoms with Crippen molar-refractivity contribution < 1.29 is 74.0 Å². The van der Waals surface area contributed by atoms with Gasteiger partial charge in [-0.05, 0) is 71.6 Å². The molecule has 0 spiro atoms. The van der Waals surface area contributed by atoms with Crippen molar-refractivity contribution in [3.8, 4) is 5.75 Å². The second kappa shape index (κ2) is 15.9. The molecule has 1 heterocycles. The SMILES string of the molecule is CN(c1cccc(S(=O)(=O)CCOS(=O)(=O)O)c1)c1nc(Cl)nc(Nc2cc(S(=O)(=O)O)cc3cc(S(=O)(=O)O)c(N=Nc4ccc(F)cc4S(=O)(=O)O)c(O)c23)n1. The van der Waals surface area contributed by atoms with Crippen LogP contribution in [0.4, 0.5) is 39.0 Å². The molecule has 0 aliphatic carbocycles. The molecule has 30 heteroatoms. The number of azo groups is 1. The van der Waals surface area contributed by atoms with Crippen LogP contribution in [0.15, 0.2) is 90.5 Å². The van der Waals surface area contributed by atoms with E-state index in [2.05, 4.69) is 34.7 Å². The largest absolute Gasteiger partial charge is 0.505 e. The summed E-state index contributed by atoms with van der Waals surface area (Å²) in [4.78, 5) is 9.58. The monoisotopic (exact) mass is 927 g/mol. The molecule has 0 unspecified atom stereocenters. The average molecular weight is 928 g/mol. The highest BCUT2D eigenvalue weighted by molar-refractivity contribution is 7.91. The first-order valence-electron chi connectivity index (χ1n) is 15.0. The van der Waals surface area contributed by atoms with Gasteiger partial charge in [-0.3, -0.25) is 18.2 Å². The summed E-state index contributed by atoms with van der Waals surface area (Å²) in [5.74, 6) is -4.04. The summed E-state index contributed by atoms with van der Waals surface area (Å²) < 4.78 is 177. The van der Waals surface area contributed by atoms with Gasteiger partial charge < -0.3 is 15.3 Å². The zero-order valence-corrected chi connectivity index (χ0v) is 33.2. The Morgan fingerprint density at radius 2 is 1.47 bits per heavy atom. The fourth-order valence-corrected chi connectivity index (χ4v) is 8.43. The quantitative estimate of drug-likeness (QED) is 0.0681. The van der Waals surface area contributed by atoms with E-state index in [-0.39, 0.29) is 16.5 Å². The molecule has 0 bridgehead atoms. The summed E-state index contributed by atoms with van der Waals surface area (Å²) in [6.45, 7) is -0.910. The van der Waals surface area contributed by atoms with Gasteiger partial charge in [-0.15, -0.1) is 10.2 Å². The van der Waals surface area contributed by atoms with Gasteiger partial charge in [-0.25, -0.2) is 17.0 Å². The highest BCUT2D eigenvalue weighted by Gasteiger charge is 2.27. The number of rotatable bonds is 14. The maximum absolute atomic E-state index is 13.8. The van der Waals surface area contributed by atoms with E-state index in [1.807, 2.05) is 0 Å². The Balaban J connectivity index is 1.64. The van der Waals surface area contributed by atoms with E-state index < -0.39 is 128 Å². The van der Waals surface area contributed by atoms with Gasteiger partial charge in [0, 0.05) is 18.1 Å². The van der Waals surface area contributed by atoms with Crippen LogP contribution in [0.5, 0.6) is 5.75 Å². The van der Waals surface area contributed by atoms with Crippen LogP contribution in [0.25, 0.3) is 10.8 Å². The van der Waals surface area contributed by atoms with Gasteiger partial charge in [-0.1, -0.05) is 6.07 Å². The first kappa shape index (κ1) is 44.0. The maximum Gasteiger partial charge on any atom is 0.397 e. The van der Waals surface area contributed by atoms with Crippen molar-refractivity contribution in [2.75, 3.05) is 29.6 Å². The predicted octanol–water partition coefficient (Wildman–Crippen LogP) is 3.78. The molecule has 4 aromatic carbocycles. The molecule has 6 N–H and O–H groups in total. The lowest BCUT2D eigenvalue weighted by Gasteiger charge is -2.19. The average Bonchev–Trinajstić information content (AvgIpc) is 3.09. The van der Waals surface area contributed by atoms with Crippen molar-refractivity contribution >= 4 is 108 Å². The van der Waals surface area contributed by atoms with Crippen LogP contribution in [0.2, 0.25) is 5.28 Å². The number of halogens is 2. The molecule has 0 atom stereocenters. The van der Waals surface area contributed by atoms with Crippen molar-refractivity contribution in [3.05, 3.63) is 71.8 Å². The summed E-state index contributed by atoms with van der Waals surface area (Å²) in [5, 5.41) is 19.4. The van der Waals surface area contributed by atoms with Gasteiger partial charge in [0.05, 0.1) is 27.8 Å². The van der Waals surface area contributed by atoms with Crippen molar-refractivity contribution in [1.82, 2.24) is 15.0 Å². The van der Waals surface area contributed by atoms with Gasteiger partial charge in [0.15, 0.2) is 15.6 Å². The van der Waals surface area contributed by atoms with Crippen LogP contribution >= 0.6 is 11.6 Å². The van der Waals surface area contributed by atoms with E-state index in [0.717, 1.165) is 12.1 Å². The topological polar surface area (TPSA) is 360 Å². The summed E-state index contributed by atoms with van der Waals surface area (Å²) in [6, 6.07) is 8.73. The zero-order chi connectivity index (χ0) is 43.2. The van der Waals surface area contributed by atoms with Crippen molar-refractivity contribution in [2.24, 2.45) is 10.2 Å². The van der Waals surface area contributed by atoms with E-state index in [1.165, 1.54) is 30.1 Å². The standard InChI is InChI=1S/C28H23ClFN7O16S5/c1-37(16-3-2-4-17(12-16)54(39,40)8-7-53-58(50,51)52)28-33-26(29)32-27(34-28)31-20-13-18(55(41,42)43)9-14-10-22(57(47,48)49)24(25(38)23(14)20)36-35-19-6-5-15(30)11-21(19)56(44,45)46/h2-6,9-13,38H,7-8H2,1H3,(H,41,42,43)(H,44,45,46)(H,47,48,49)(H,50,51,52)(H,31,32,33,34). The van der Waals surface area contributed by atoms with Crippen molar-refractivity contribution in [1.29, 1.82) is 0 Å². The summed E-state index contributed by atoms with van der Waals surface area (Å²) in [6.07, 6.45) is 0. The summed E-state index contributed by atoms with van der Waals surface area (Å²) in [7, 11) is -23.4. The van der Waals surface area contributed by atoms with E-state index in [1.54, 1.807) is 0 Å². The summed E-state index contributed by atoms with van der Waals surface area (Å²) >= 11 is 6.15. The normalized spacial score (nSPS) is 12.9. The van der Waals surface area contributed by atoms with Crippen LogP contribution in [0.3, 0.4) is 0 Å². The van der Waals surface area contributed by atoms with Crippen LogP contribution in [0, 0.1) is 5.82 Å². The molecule has 0 saturated heterocycles. The summed E-state index contributed by atoms with van der Waals surface area (Å²) in [5.41, 5.74) is -2.31. The molecule has 5 rings (SSSR count). The maximum atomic E-state index is 13.8. The lowest BCUT2D eigenvalue weighted by atomic mass is 10.1. The van der Waals surface area contributed by atoms with E-state index in [4.69, 9.17) is 16.2 Å². The predicted molar refractivity (Wildman–Crippen MR) is 198 cm³/mol. The molecule has 1 aromatic heterocycles. The molecule has 0 aliphatic rings. The van der Waals surface area contributed by atoms with Crippen LogP contribution < -0.4 is 10.2 Å². The fraction of sp³-hybridized carbons (Fsp3) is 0.107. The Kier molecular flexibility index (Phi) is 12.1. The first-order valence-corrected chi connectivity index (χ1v) is 22.7. The Bertz CT molecular complexity index is 3100. The molecule has 23 nitrogen and oxygen atoms in total. The zero-order valence-electron chi connectivity index (χ0n) is 28.4. The number of aromatic hydroxyl groups is 1. The van der Waals surface area contributed by atoms with Crippen LogP contribution in [-0.2, 0) is 54.8 Å². The molecule has 0 saturated carbocycles. The van der Waals surface area contributed by atoms with Crippen LogP contribution in [-0.4, -0.2) is 99.8 Å². The smallest absolute Gasteiger partial charge is 0.397 e. The Labute approximate surface area is 332 Å². The lowest BCUT2D eigenvalue weighted by molar-refractivity contribution is 0.284. The van der Waals surface area contributed by atoms with E-state index in [9.17, 15) is 65.2 Å². The van der Waals surface area contributed by atoms with E-state index in [0.29, 0.717) is 30.3 Å². The van der Waals surface area contributed by atoms with E-state index >= 15 is 0 Å². The highest BCUT2D eigenvalue weighted by atomic mass is 35.5. The Morgan fingerprint density at radius 1 is 0.793 bits per heavy atom. The number of nitrogens with zero attached hydrogens (tertiary/aromatic N) is 6. The van der Waals surface area contributed by atoms with Crippen molar-refractivity contribution in [2.45, 2.75) is 19.6 Å². The number of anilines is 4.